The topological polar surface area (TPSA) is 58.2 Å². The maximum Gasteiger partial charge on any atom is 0.417 e. The number of allylic oxidation sites excluding steroid dienone is 1. The SMILES string of the molecule is O=C(NC1(C(=O)NCC(F)(F)F)CC1)c1ccc(C(F)=CC(c2ccc(Cl)c(Br)c2)C(F)(F)F)cc1C(F)(F)F. The fraction of sp³-hybridized carbons (Fsp3) is 0.333. The molecular weight excluding hydrogens is 654 g/mol. The molecule has 1 aliphatic rings. The van der Waals surface area contributed by atoms with Crippen molar-refractivity contribution in [3.8, 4) is 0 Å². The van der Waals surface area contributed by atoms with Gasteiger partial charge in [-0.2, -0.15) is 39.5 Å². The molecule has 1 fully saturated rings. The molecule has 2 aromatic rings. The Morgan fingerprint density at radius 3 is 2.12 bits per heavy atom. The zero-order valence-corrected chi connectivity index (χ0v) is 21.9. The lowest BCUT2D eigenvalue weighted by molar-refractivity contribution is -0.140. The molecule has 0 radical (unpaired) electrons. The predicted octanol–water partition coefficient (Wildman–Crippen LogP) is 7.72. The van der Waals surface area contributed by atoms with Gasteiger partial charge in [-0.05, 0) is 64.7 Å². The molecule has 2 aromatic carbocycles. The monoisotopic (exact) mass is 668 g/mol. The Balaban J connectivity index is 1.94. The van der Waals surface area contributed by atoms with E-state index in [1.54, 1.807) is 5.32 Å². The molecule has 1 aliphatic carbocycles. The molecule has 0 aliphatic heterocycles. The Hall–Kier alpha value is -2.81. The summed E-state index contributed by atoms with van der Waals surface area (Å²) in [5.41, 5.74) is -6.13. The second-order valence-electron chi connectivity index (χ2n) is 8.80. The summed E-state index contributed by atoms with van der Waals surface area (Å²) in [6.07, 6.45) is -15.4. The van der Waals surface area contributed by atoms with Crippen molar-refractivity contribution in [2.45, 2.75) is 42.8 Å². The van der Waals surface area contributed by atoms with Crippen LogP contribution in [0.25, 0.3) is 5.83 Å². The second kappa shape index (κ2) is 11.2. The minimum Gasteiger partial charge on any atom is -0.345 e. The van der Waals surface area contributed by atoms with Crippen LogP contribution in [0.3, 0.4) is 0 Å². The highest BCUT2D eigenvalue weighted by Crippen LogP contribution is 2.42. The summed E-state index contributed by atoms with van der Waals surface area (Å²) in [6.45, 7) is -1.73. The van der Waals surface area contributed by atoms with Gasteiger partial charge in [0.2, 0.25) is 5.91 Å². The molecule has 218 valence electrons. The molecule has 1 unspecified atom stereocenters. The van der Waals surface area contributed by atoms with Gasteiger partial charge >= 0.3 is 18.5 Å². The number of carbonyl (C=O) groups excluding carboxylic acids is 2. The highest BCUT2D eigenvalue weighted by molar-refractivity contribution is 9.10. The van der Waals surface area contributed by atoms with Crippen LogP contribution in [-0.4, -0.2) is 36.3 Å². The first-order valence-corrected chi connectivity index (χ1v) is 12.2. The first kappa shape index (κ1) is 31.7. The number of hydrogen-bond acceptors (Lipinski definition) is 2. The van der Waals surface area contributed by atoms with Crippen LogP contribution in [0.5, 0.6) is 0 Å². The highest BCUT2D eigenvalue weighted by Gasteiger charge is 2.52. The molecule has 0 aromatic heterocycles. The Kier molecular flexibility index (Phi) is 8.90. The standard InChI is InChI=1S/C24H16BrClF10N2O2/c25-16-8-11(2-4-17(16)26)14(23(31,32)33)9-18(27)12-1-3-13(15(7-12)24(34,35)36)19(39)38-21(5-6-21)20(40)37-10-22(28,29)30/h1-4,7-9,14H,5-6,10H2,(H,37,40)(H,38,39). The summed E-state index contributed by atoms with van der Waals surface area (Å²) in [5.74, 6) is -7.02. The molecule has 1 saturated carbocycles. The Bertz CT molecular complexity index is 1330. The quantitative estimate of drug-likeness (QED) is 0.297. The van der Waals surface area contributed by atoms with Crippen molar-refractivity contribution < 1.29 is 53.5 Å². The number of amides is 2. The summed E-state index contributed by atoms with van der Waals surface area (Å²) >= 11 is 8.72. The van der Waals surface area contributed by atoms with Crippen LogP contribution in [0, 0.1) is 0 Å². The molecule has 0 saturated heterocycles. The Morgan fingerprint density at radius 1 is 1.00 bits per heavy atom. The van der Waals surface area contributed by atoms with E-state index < -0.39 is 76.4 Å². The molecule has 2 N–H and O–H groups in total. The van der Waals surface area contributed by atoms with Gasteiger partial charge in [0.25, 0.3) is 5.91 Å². The van der Waals surface area contributed by atoms with Crippen molar-refractivity contribution in [3.05, 3.63) is 74.2 Å². The largest absolute Gasteiger partial charge is 0.417 e. The molecule has 40 heavy (non-hydrogen) atoms. The molecule has 1 atom stereocenters. The van der Waals surface area contributed by atoms with Crippen LogP contribution >= 0.6 is 27.5 Å². The molecule has 0 bridgehead atoms. The van der Waals surface area contributed by atoms with Gasteiger partial charge in [-0.25, -0.2) is 4.39 Å². The molecule has 3 rings (SSSR count). The lowest BCUT2D eigenvalue weighted by Gasteiger charge is -2.20. The second-order valence-corrected chi connectivity index (χ2v) is 10.1. The average molecular weight is 670 g/mol. The Labute approximate surface area is 232 Å². The summed E-state index contributed by atoms with van der Waals surface area (Å²) in [7, 11) is 0. The minimum absolute atomic E-state index is 0.0589. The van der Waals surface area contributed by atoms with E-state index in [2.05, 4.69) is 15.9 Å². The van der Waals surface area contributed by atoms with Crippen LogP contribution < -0.4 is 10.6 Å². The normalized spacial score (nSPS) is 16.4. The van der Waals surface area contributed by atoms with Gasteiger partial charge in [0.05, 0.1) is 16.1 Å². The summed E-state index contributed by atoms with van der Waals surface area (Å²) in [6, 6.07) is 4.28. The third-order valence-corrected chi connectivity index (χ3v) is 7.01. The zero-order valence-electron chi connectivity index (χ0n) is 19.6. The predicted molar refractivity (Wildman–Crippen MR) is 127 cm³/mol. The van der Waals surface area contributed by atoms with E-state index in [4.69, 9.17) is 11.6 Å². The smallest absolute Gasteiger partial charge is 0.345 e. The zero-order chi connectivity index (χ0) is 30.3. The van der Waals surface area contributed by atoms with Crippen LogP contribution in [-0.2, 0) is 11.0 Å². The third kappa shape index (κ3) is 7.68. The number of hydrogen-bond donors (Lipinski definition) is 2. The van der Waals surface area contributed by atoms with E-state index in [0.717, 1.165) is 18.2 Å². The maximum absolute atomic E-state index is 15.0. The first-order valence-electron chi connectivity index (χ1n) is 11.0. The number of benzene rings is 2. The van der Waals surface area contributed by atoms with Crippen molar-refractivity contribution >= 4 is 45.2 Å². The van der Waals surface area contributed by atoms with Gasteiger partial charge in [0, 0.05) is 10.0 Å². The van der Waals surface area contributed by atoms with Crippen molar-refractivity contribution in [1.82, 2.24) is 10.6 Å². The van der Waals surface area contributed by atoms with E-state index in [1.165, 1.54) is 0 Å². The van der Waals surface area contributed by atoms with E-state index in [1.807, 2.05) is 5.32 Å². The van der Waals surface area contributed by atoms with E-state index in [9.17, 15) is 53.5 Å². The van der Waals surface area contributed by atoms with Crippen LogP contribution in [0.2, 0.25) is 5.02 Å². The minimum atomic E-state index is -5.30. The summed E-state index contributed by atoms with van der Waals surface area (Å²) in [5, 5.41) is 3.57. The first-order chi connectivity index (χ1) is 18.2. The molecular formula is C24H16BrClF10N2O2. The number of alkyl halides is 9. The fourth-order valence-electron chi connectivity index (χ4n) is 3.62. The fourth-order valence-corrected chi connectivity index (χ4v) is 4.14. The number of halogens is 12. The van der Waals surface area contributed by atoms with Crippen molar-refractivity contribution in [1.29, 1.82) is 0 Å². The van der Waals surface area contributed by atoms with Gasteiger partial charge < -0.3 is 10.6 Å². The average Bonchev–Trinajstić information content (AvgIpc) is 3.61. The molecule has 4 nitrogen and oxygen atoms in total. The van der Waals surface area contributed by atoms with E-state index in [0.29, 0.717) is 12.1 Å². The van der Waals surface area contributed by atoms with Crippen LogP contribution in [0.15, 0.2) is 46.9 Å². The number of nitrogens with one attached hydrogen (secondary N) is 2. The number of rotatable bonds is 7. The highest BCUT2D eigenvalue weighted by atomic mass is 79.9. The number of carbonyl (C=O) groups is 2. The summed E-state index contributed by atoms with van der Waals surface area (Å²) < 4.78 is 135. The molecule has 2 amide bonds. The molecule has 0 heterocycles. The van der Waals surface area contributed by atoms with Gasteiger partial charge in [0.15, 0.2) is 0 Å². The maximum atomic E-state index is 15.0. The lowest BCUT2D eigenvalue weighted by atomic mass is 9.95. The van der Waals surface area contributed by atoms with E-state index >= 15 is 0 Å². The molecule has 0 spiro atoms. The van der Waals surface area contributed by atoms with Gasteiger partial charge in [0.1, 0.15) is 23.8 Å². The van der Waals surface area contributed by atoms with E-state index in [-0.39, 0.29) is 34.5 Å². The van der Waals surface area contributed by atoms with Crippen LogP contribution in [0.4, 0.5) is 43.9 Å². The van der Waals surface area contributed by atoms with Crippen molar-refractivity contribution in [2.24, 2.45) is 0 Å². The third-order valence-electron chi connectivity index (χ3n) is 5.80. The Morgan fingerprint density at radius 2 is 1.62 bits per heavy atom. The van der Waals surface area contributed by atoms with Gasteiger partial charge in [-0.3, -0.25) is 9.59 Å². The molecule has 16 heteroatoms. The lowest BCUT2D eigenvalue weighted by Crippen LogP contribution is -2.51. The van der Waals surface area contributed by atoms with Crippen molar-refractivity contribution in [2.75, 3.05) is 6.54 Å². The van der Waals surface area contributed by atoms with Crippen molar-refractivity contribution in [3.63, 3.8) is 0 Å². The van der Waals surface area contributed by atoms with Gasteiger partial charge in [-0.1, -0.05) is 23.7 Å². The van der Waals surface area contributed by atoms with Gasteiger partial charge in [-0.15, -0.1) is 0 Å². The summed E-state index contributed by atoms with van der Waals surface area (Å²) in [4.78, 5) is 24.7. The van der Waals surface area contributed by atoms with Crippen LogP contribution in [0.1, 0.15) is 45.8 Å².